The minimum atomic E-state index is -0.888. The van der Waals surface area contributed by atoms with Crippen LogP contribution in [0, 0.1) is 25.2 Å². The number of ether oxygens (including phenoxy) is 2. The molecule has 0 radical (unpaired) electrons. The Hall–Kier alpha value is -4.02. The molecule has 0 saturated heterocycles. The van der Waals surface area contributed by atoms with Gasteiger partial charge in [-0.25, -0.2) is 4.79 Å². The van der Waals surface area contributed by atoms with E-state index in [1.807, 2.05) is 54.8 Å². The fraction of sp³-hybridized carbons (Fsp3) is 0.160. The van der Waals surface area contributed by atoms with Crippen molar-refractivity contribution in [3.05, 3.63) is 82.1 Å². The Balaban J connectivity index is 1.73. The van der Waals surface area contributed by atoms with Crippen LogP contribution in [0.3, 0.4) is 0 Å². The number of rotatable bonds is 7. The van der Waals surface area contributed by atoms with Crippen LogP contribution in [-0.2, 0) is 14.3 Å². The van der Waals surface area contributed by atoms with E-state index in [-0.39, 0.29) is 5.57 Å². The van der Waals surface area contributed by atoms with Gasteiger partial charge in [0.2, 0.25) is 0 Å². The lowest BCUT2D eigenvalue weighted by Gasteiger charge is -2.10. The molecule has 1 N–H and O–H groups in total. The van der Waals surface area contributed by atoms with Crippen LogP contribution in [0.2, 0.25) is 5.02 Å². The van der Waals surface area contributed by atoms with Crippen molar-refractivity contribution >= 4 is 35.2 Å². The predicted octanol–water partition coefficient (Wildman–Crippen LogP) is 4.85. The molecule has 1 amide bonds. The molecule has 0 unspecified atom stereocenters. The summed E-state index contributed by atoms with van der Waals surface area (Å²) in [7, 11) is 1.60. The molecule has 8 heteroatoms. The molecular formula is C25H22ClN3O4. The fourth-order valence-corrected chi connectivity index (χ4v) is 3.50. The first-order valence-corrected chi connectivity index (χ1v) is 10.4. The Labute approximate surface area is 196 Å². The van der Waals surface area contributed by atoms with Gasteiger partial charge in [0.25, 0.3) is 5.91 Å². The molecule has 3 rings (SSSR count). The SMILES string of the molecule is COc1ccc(-n2c(C)cc(/C=C(/C#N)C(=O)OCC(=O)Nc3ccccc3Cl)c2C)cc1. The number of nitrogens with one attached hydrogen (secondary N) is 1. The van der Waals surface area contributed by atoms with Crippen molar-refractivity contribution < 1.29 is 19.1 Å². The van der Waals surface area contributed by atoms with Crippen molar-refractivity contribution in [1.82, 2.24) is 4.57 Å². The van der Waals surface area contributed by atoms with Crippen LogP contribution in [0.1, 0.15) is 17.0 Å². The minimum Gasteiger partial charge on any atom is -0.497 e. The number of carbonyl (C=O) groups excluding carboxylic acids is 2. The Morgan fingerprint density at radius 3 is 2.48 bits per heavy atom. The molecule has 168 valence electrons. The zero-order chi connectivity index (χ0) is 24.0. The molecule has 0 saturated carbocycles. The van der Waals surface area contributed by atoms with Gasteiger partial charge in [0.1, 0.15) is 17.4 Å². The molecule has 0 fully saturated rings. The van der Waals surface area contributed by atoms with E-state index in [1.54, 1.807) is 31.4 Å². The summed E-state index contributed by atoms with van der Waals surface area (Å²) >= 11 is 6.00. The molecule has 33 heavy (non-hydrogen) atoms. The van der Waals surface area contributed by atoms with Crippen molar-refractivity contribution in [1.29, 1.82) is 5.26 Å². The Kier molecular flexibility index (Phi) is 7.54. The molecule has 1 heterocycles. The van der Waals surface area contributed by atoms with E-state index in [9.17, 15) is 14.9 Å². The summed E-state index contributed by atoms with van der Waals surface area (Å²) in [6, 6.07) is 18.0. The normalized spacial score (nSPS) is 10.9. The van der Waals surface area contributed by atoms with Gasteiger partial charge in [-0.1, -0.05) is 23.7 Å². The van der Waals surface area contributed by atoms with Crippen LogP contribution >= 0.6 is 11.6 Å². The highest BCUT2D eigenvalue weighted by molar-refractivity contribution is 6.33. The van der Waals surface area contributed by atoms with Gasteiger partial charge in [0.15, 0.2) is 6.61 Å². The Bertz CT molecular complexity index is 1250. The molecular weight excluding hydrogens is 442 g/mol. The maximum atomic E-state index is 12.4. The number of benzene rings is 2. The third-order valence-corrected chi connectivity index (χ3v) is 5.25. The molecule has 7 nitrogen and oxygen atoms in total. The van der Waals surface area contributed by atoms with E-state index in [1.165, 1.54) is 6.08 Å². The van der Waals surface area contributed by atoms with E-state index < -0.39 is 18.5 Å². The quantitative estimate of drug-likeness (QED) is 0.307. The summed E-state index contributed by atoms with van der Waals surface area (Å²) in [4.78, 5) is 24.5. The van der Waals surface area contributed by atoms with Crippen LogP contribution in [0.25, 0.3) is 11.8 Å². The number of amides is 1. The highest BCUT2D eigenvalue weighted by Gasteiger charge is 2.16. The molecule has 0 aliphatic rings. The van der Waals surface area contributed by atoms with Crippen molar-refractivity contribution in [2.75, 3.05) is 19.0 Å². The summed E-state index contributed by atoms with van der Waals surface area (Å²) in [5, 5.41) is 12.4. The number of nitrogens with zero attached hydrogens (tertiary/aromatic N) is 2. The predicted molar refractivity (Wildman–Crippen MR) is 126 cm³/mol. The Morgan fingerprint density at radius 1 is 1.15 bits per heavy atom. The van der Waals surface area contributed by atoms with Gasteiger partial charge in [0, 0.05) is 17.1 Å². The van der Waals surface area contributed by atoms with E-state index in [0.717, 1.165) is 22.8 Å². The number of esters is 1. The van der Waals surface area contributed by atoms with Gasteiger partial charge < -0.3 is 19.4 Å². The number of hydrogen-bond acceptors (Lipinski definition) is 5. The van der Waals surface area contributed by atoms with Gasteiger partial charge in [-0.15, -0.1) is 0 Å². The molecule has 0 aliphatic heterocycles. The summed E-state index contributed by atoms with van der Waals surface area (Å²) in [6.07, 6.45) is 1.46. The second kappa shape index (κ2) is 10.5. The zero-order valence-corrected chi connectivity index (χ0v) is 19.1. The lowest BCUT2D eigenvalue weighted by atomic mass is 10.1. The highest BCUT2D eigenvalue weighted by Crippen LogP contribution is 2.24. The average molecular weight is 464 g/mol. The highest BCUT2D eigenvalue weighted by atomic mass is 35.5. The monoisotopic (exact) mass is 463 g/mol. The van der Waals surface area contributed by atoms with Gasteiger partial charge >= 0.3 is 5.97 Å². The van der Waals surface area contributed by atoms with Crippen molar-refractivity contribution in [2.24, 2.45) is 0 Å². The van der Waals surface area contributed by atoms with Crippen LogP contribution < -0.4 is 10.1 Å². The van der Waals surface area contributed by atoms with E-state index >= 15 is 0 Å². The summed E-state index contributed by atoms with van der Waals surface area (Å²) in [5.41, 5.74) is 3.57. The fourth-order valence-electron chi connectivity index (χ4n) is 3.31. The second-order valence-electron chi connectivity index (χ2n) is 7.13. The maximum absolute atomic E-state index is 12.4. The molecule has 0 bridgehead atoms. The average Bonchev–Trinajstić information content (AvgIpc) is 3.10. The maximum Gasteiger partial charge on any atom is 0.349 e. The molecule has 0 spiro atoms. The van der Waals surface area contributed by atoms with Crippen molar-refractivity contribution in [2.45, 2.75) is 13.8 Å². The number of methoxy groups -OCH3 is 1. The van der Waals surface area contributed by atoms with Crippen LogP contribution in [0.5, 0.6) is 5.75 Å². The minimum absolute atomic E-state index is 0.212. The number of para-hydroxylation sites is 1. The number of halogens is 1. The molecule has 2 aromatic carbocycles. The first kappa shape index (κ1) is 23.6. The van der Waals surface area contributed by atoms with Crippen LogP contribution in [0.15, 0.2) is 60.2 Å². The largest absolute Gasteiger partial charge is 0.497 e. The van der Waals surface area contributed by atoms with E-state index in [4.69, 9.17) is 21.1 Å². The van der Waals surface area contributed by atoms with Crippen LogP contribution in [-0.4, -0.2) is 30.2 Å². The second-order valence-corrected chi connectivity index (χ2v) is 7.54. The standard InChI is InChI=1S/C25H22ClN3O4/c1-16-12-18(17(2)29(16)20-8-10-21(32-3)11-9-20)13-19(14-27)25(31)33-15-24(30)28-23-7-5-4-6-22(23)26/h4-13H,15H2,1-3H3,(H,28,30)/b19-13-. The summed E-state index contributed by atoms with van der Waals surface area (Å²) in [5.74, 6) is -0.707. The summed E-state index contributed by atoms with van der Waals surface area (Å²) < 4.78 is 12.2. The van der Waals surface area contributed by atoms with Gasteiger partial charge in [-0.05, 0) is 68.0 Å². The van der Waals surface area contributed by atoms with E-state index in [0.29, 0.717) is 16.3 Å². The first-order chi connectivity index (χ1) is 15.8. The number of aryl methyl sites for hydroxylation is 1. The third-order valence-electron chi connectivity index (χ3n) is 4.92. The number of anilines is 1. The number of aromatic nitrogens is 1. The summed E-state index contributed by atoms with van der Waals surface area (Å²) in [6.45, 7) is 3.27. The molecule has 1 aromatic heterocycles. The lowest BCUT2D eigenvalue weighted by Crippen LogP contribution is -2.21. The third kappa shape index (κ3) is 5.62. The van der Waals surface area contributed by atoms with Gasteiger partial charge in [0.05, 0.1) is 17.8 Å². The van der Waals surface area contributed by atoms with Gasteiger partial charge in [-0.3, -0.25) is 4.79 Å². The van der Waals surface area contributed by atoms with E-state index in [2.05, 4.69) is 5.32 Å². The Morgan fingerprint density at radius 2 is 1.85 bits per heavy atom. The topological polar surface area (TPSA) is 93.3 Å². The molecule has 0 aliphatic carbocycles. The van der Waals surface area contributed by atoms with Crippen molar-refractivity contribution in [3.8, 4) is 17.5 Å². The smallest absolute Gasteiger partial charge is 0.349 e. The number of nitriles is 1. The molecule has 0 atom stereocenters. The molecule has 3 aromatic rings. The van der Waals surface area contributed by atoms with Crippen molar-refractivity contribution in [3.63, 3.8) is 0 Å². The first-order valence-electron chi connectivity index (χ1n) is 10.0. The lowest BCUT2D eigenvalue weighted by molar-refractivity contribution is -0.142. The van der Waals surface area contributed by atoms with Gasteiger partial charge in [-0.2, -0.15) is 5.26 Å². The number of carbonyl (C=O) groups is 2. The van der Waals surface area contributed by atoms with Crippen LogP contribution in [0.4, 0.5) is 5.69 Å². The zero-order valence-electron chi connectivity index (χ0n) is 18.4. The number of hydrogen-bond donors (Lipinski definition) is 1.